The van der Waals surface area contributed by atoms with Crippen LogP contribution in [-0.2, 0) is 4.79 Å². The van der Waals surface area contributed by atoms with E-state index in [1.54, 1.807) is 12.1 Å². The van der Waals surface area contributed by atoms with Gasteiger partial charge in [0.1, 0.15) is 6.04 Å². The smallest absolute Gasteiger partial charge is 0.326 e. The number of carboxylic acid groups (broad SMARTS) is 1. The molecule has 1 heterocycles. The fourth-order valence-electron chi connectivity index (χ4n) is 2.71. The van der Waals surface area contributed by atoms with Gasteiger partial charge in [0.25, 0.3) is 5.91 Å². The van der Waals surface area contributed by atoms with Crippen molar-refractivity contribution < 1.29 is 19.4 Å². The second-order valence-corrected chi connectivity index (χ2v) is 5.28. The molecule has 0 saturated heterocycles. The maximum atomic E-state index is 12.1. The molecule has 1 saturated carbocycles. The van der Waals surface area contributed by atoms with Crippen LogP contribution in [0, 0.1) is 5.92 Å². The average Bonchev–Trinajstić information content (AvgIpc) is 2.53. The minimum atomic E-state index is -0.975. The number of methoxy groups -OCH3 is 1. The highest BCUT2D eigenvalue weighted by Crippen LogP contribution is 2.26. The second-order valence-electron chi connectivity index (χ2n) is 5.28. The Morgan fingerprint density at radius 2 is 2.05 bits per heavy atom. The first-order valence-corrected chi connectivity index (χ1v) is 7.15. The fraction of sp³-hybridized carbons (Fsp3) is 0.533. The van der Waals surface area contributed by atoms with E-state index in [1.165, 1.54) is 13.3 Å². The van der Waals surface area contributed by atoms with E-state index in [9.17, 15) is 14.7 Å². The highest BCUT2D eigenvalue weighted by molar-refractivity contribution is 5.96. The van der Waals surface area contributed by atoms with Crippen LogP contribution < -0.4 is 10.1 Å². The summed E-state index contributed by atoms with van der Waals surface area (Å²) in [5.41, 5.74) is 0.331. The van der Waals surface area contributed by atoms with E-state index < -0.39 is 17.9 Å². The van der Waals surface area contributed by atoms with Crippen LogP contribution in [-0.4, -0.2) is 35.1 Å². The molecule has 1 aromatic heterocycles. The number of carbonyl (C=O) groups excluding carboxylic acids is 1. The van der Waals surface area contributed by atoms with Gasteiger partial charge in [0.2, 0.25) is 5.88 Å². The number of carboxylic acids is 1. The van der Waals surface area contributed by atoms with Crippen molar-refractivity contribution in [3.05, 3.63) is 23.9 Å². The summed E-state index contributed by atoms with van der Waals surface area (Å²) in [5, 5.41) is 12.0. The summed E-state index contributed by atoms with van der Waals surface area (Å²) in [6.45, 7) is 0. The standard InChI is InChI=1S/C15H20N2O4/c1-21-12-8-7-11(9-16-12)14(18)17-13(15(19)20)10-5-3-2-4-6-10/h7-10,13H,2-6H2,1H3,(H,17,18)(H,19,20). The molecule has 1 unspecified atom stereocenters. The molecule has 2 N–H and O–H groups in total. The molecule has 1 fully saturated rings. The van der Waals surface area contributed by atoms with Crippen molar-refractivity contribution in [2.45, 2.75) is 38.1 Å². The molecule has 1 atom stereocenters. The van der Waals surface area contributed by atoms with Crippen LogP contribution in [0.4, 0.5) is 0 Å². The van der Waals surface area contributed by atoms with E-state index in [0.717, 1.165) is 32.1 Å². The topological polar surface area (TPSA) is 88.5 Å². The first kappa shape index (κ1) is 15.3. The Hall–Kier alpha value is -2.11. The number of hydrogen-bond acceptors (Lipinski definition) is 4. The zero-order valence-electron chi connectivity index (χ0n) is 12.0. The normalized spacial score (nSPS) is 17.0. The van der Waals surface area contributed by atoms with E-state index in [4.69, 9.17) is 4.74 Å². The van der Waals surface area contributed by atoms with Gasteiger partial charge in [-0.2, -0.15) is 0 Å². The largest absolute Gasteiger partial charge is 0.481 e. The molecule has 0 aliphatic heterocycles. The van der Waals surface area contributed by atoms with Crippen molar-refractivity contribution >= 4 is 11.9 Å². The predicted octanol–water partition coefficient (Wildman–Crippen LogP) is 1.85. The number of nitrogens with zero attached hydrogens (tertiary/aromatic N) is 1. The molecular formula is C15H20N2O4. The maximum absolute atomic E-state index is 12.1. The van der Waals surface area contributed by atoms with Gasteiger partial charge < -0.3 is 15.2 Å². The van der Waals surface area contributed by atoms with Crippen molar-refractivity contribution in [2.24, 2.45) is 5.92 Å². The second kappa shape index (κ2) is 7.06. The number of hydrogen-bond donors (Lipinski definition) is 2. The molecule has 0 bridgehead atoms. The molecule has 0 radical (unpaired) electrons. The van der Waals surface area contributed by atoms with Gasteiger partial charge in [0.15, 0.2) is 0 Å². The first-order chi connectivity index (χ1) is 10.1. The summed E-state index contributed by atoms with van der Waals surface area (Å²) in [6, 6.07) is 2.31. The van der Waals surface area contributed by atoms with Crippen LogP contribution in [0.5, 0.6) is 5.88 Å². The molecule has 2 rings (SSSR count). The lowest BCUT2D eigenvalue weighted by molar-refractivity contribution is -0.141. The van der Waals surface area contributed by atoms with Crippen molar-refractivity contribution in [2.75, 3.05) is 7.11 Å². The van der Waals surface area contributed by atoms with Crippen molar-refractivity contribution in [1.29, 1.82) is 0 Å². The Morgan fingerprint density at radius 3 is 2.57 bits per heavy atom. The molecular weight excluding hydrogens is 272 g/mol. The number of carbonyl (C=O) groups is 2. The van der Waals surface area contributed by atoms with Gasteiger partial charge in [-0.1, -0.05) is 19.3 Å². The van der Waals surface area contributed by atoms with Gasteiger partial charge in [-0.05, 0) is 24.8 Å². The van der Waals surface area contributed by atoms with Crippen LogP contribution in [0.25, 0.3) is 0 Å². The Morgan fingerprint density at radius 1 is 1.33 bits per heavy atom. The van der Waals surface area contributed by atoms with Crippen molar-refractivity contribution in [3.63, 3.8) is 0 Å². The molecule has 0 aromatic carbocycles. The van der Waals surface area contributed by atoms with Gasteiger partial charge in [0, 0.05) is 12.3 Å². The molecule has 1 aromatic rings. The lowest BCUT2D eigenvalue weighted by atomic mass is 9.84. The van der Waals surface area contributed by atoms with Gasteiger partial charge in [0.05, 0.1) is 12.7 Å². The number of aliphatic carboxylic acids is 1. The summed E-state index contributed by atoms with van der Waals surface area (Å²) >= 11 is 0. The molecule has 21 heavy (non-hydrogen) atoms. The first-order valence-electron chi connectivity index (χ1n) is 7.15. The van der Waals surface area contributed by atoms with E-state index in [1.807, 2.05) is 0 Å². The Labute approximate surface area is 123 Å². The van der Waals surface area contributed by atoms with E-state index in [0.29, 0.717) is 11.4 Å². The number of nitrogens with one attached hydrogen (secondary N) is 1. The zero-order chi connectivity index (χ0) is 15.2. The highest BCUT2D eigenvalue weighted by Gasteiger charge is 2.30. The molecule has 6 nitrogen and oxygen atoms in total. The highest BCUT2D eigenvalue weighted by atomic mass is 16.5. The zero-order valence-corrected chi connectivity index (χ0v) is 12.0. The monoisotopic (exact) mass is 292 g/mol. The van der Waals surface area contributed by atoms with Crippen LogP contribution in [0.15, 0.2) is 18.3 Å². The summed E-state index contributed by atoms with van der Waals surface area (Å²) in [6.07, 6.45) is 6.26. The predicted molar refractivity (Wildman–Crippen MR) is 76.3 cm³/mol. The minimum absolute atomic E-state index is 0.00593. The van der Waals surface area contributed by atoms with Gasteiger partial charge >= 0.3 is 5.97 Å². The number of rotatable bonds is 5. The summed E-state index contributed by atoms with van der Waals surface area (Å²) in [5.74, 6) is -0.972. The van der Waals surface area contributed by atoms with Gasteiger partial charge in [-0.15, -0.1) is 0 Å². The van der Waals surface area contributed by atoms with Crippen LogP contribution in [0.2, 0.25) is 0 Å². The SMILES string of the molecule is COc1ccc(C(=O)NC(C(=O)O)C2CCCCC2)cn1. The quantitative estimate of drug-likeness (QED) is 0.864. The summed E-state index contributed by atoms with van der Waals surface area (Å²) in [4.78, 5) is 27.5. The van der Waals surface area contributed by atoms with E-state index >= 15 is 0 Å². The molecule has 1 aliphatic rings. The molecule has 6 heteroatoms. The number of aromatic nitrogens is 1. The lowest BCUT2D eigenvalue weighted by Crippen LogP contribution is -2.46. The third kappa shape index (κ3) is 3.93. The molecule has 1 amide bonds. The Balaban J connectivity index is 2.04. The molecule has 1 aliphatic carbocycles. The van der Waals surface area contributed by atoms with Crippen LogP contribution in [0.3, 0.4) is 0 Å². The maximum Gasteiger partial charge on any atom is 0.326 e. The van der Waals surface area contributed by atoms with Gasteiger partial charge in [-0.25, -0.2) is 9.78 Å². The average molecular weight is 292 g/mol. The van der Waals surface area contributed by atoms with Crippen molar-refractivity contribution in [3.8, 4) is 5.88 Å². The minimum Gasteiger partial charge on any atom is -0.481 e. The van der Waals surface area contributed by atoms with E-state index in [2.05, 4.69) is 10.3 Å². The summed E-state index contributed by atoms with van der Waals surface area (Å²) in [7, 11) is 1.49. The third-order valence-electron chi connectivity index (χ3n) is 3.88. The number of amides is 1. The Kier molecular flexibility index (Phi) is 5.14. The molecule has 0 spiro atoms. The fourth-order valence-corrected chi connectivity index (χ4v) is 2.71. The lowest BCUT2D eigenvalue weighted by Gasteiger charge is -2.28. The van der Waals surface area contributed by atoms with Gasteiger partial charge in [-0.3, -0.25) is 4.79 Å². The number of ether oxygens (including phenoxy) is 1. The third-order valence-corrected chi connectivity index (χ3v) is 3.88. The van der Waals surface area contributed by atoms with Crippen LogP contribution >= 0.6 is 0 Å². The molecule has 114 valence electrons. The van der Waals surface area contributed by atoms with Crippen LogP contribution in [0.1, 0.15) is 42.5 Å². The number of pyridine rings is 1. The summed E-state index contributed by atoms with van der Waals surface area (Å²) < 4.78 is 4.93. The van der Waals surface area contributed by atoms with E-state index in [-0.39, 0.29) is 5.92 Å². The van der Waals surface area contributed by atoms with Crippen molar-refractivity contribution in [1.82, 2.24) is 10.3 Å². The Bertz CT molecular complexity index is 495.